The van der Waals surface area contributed by atoms with Gasteiger partial charge < -0.3 is 15.1 Å². The summed E-state index contributed by atoms with van der Waals surface area (Å²) in [6.07, 6.45) is 1.78. The Kier molecular flexibility index (Phi) is 4.62. The fraction of sp³-hybridized carbons (Fsp3) is 0.545. The SMILES string of the molecule is Cc1ncoc1C(=O)N(CCC(N)=S)C(C)C. The number of amides is 1. The van der Waals surface area contributed by atoms with Crippen LogP contribution in [0, 0.1) is 6.92 Å². The number of hydrogen-bond donors (Lipinski definition) is 1. The molecule has 0 bridgehead atoms. The van der Waals surface area contributed by atoms with Crippen molar-refractivity contribution < 1.29 is 9.21 Å². The van der Waals surface area contributed by atoms with Gasteiger partial charge in [0.2, 0.25) is 5.76 Å². The number of hydrogen-bond acceptors (Lipinski definition) is 4. The predicted molar refractivity (Wildman–Crippen MR) is 68.8 cm³/mol. The Hall–Kier alpha value is -1.43. The van der Waals surface area contributed by atoms with E-state index in [0.717, 1.165) is 0 Å². The largest absolute Gasteiger partial charge is 0.438 e. The Labute approximate surface area is 106 Å². The number of oxazole rings is 1. The maximum atomic E-state index is 12.2. The van der Waals surface area contributed by atoms with E-state index >= 15 is 0 Å². The van der Waals surface area contributed by atoms with E-state index in [1.807, 2.05) is 13.8 Å². The van der Waals surface area contributed by atoms with Crippen LogP contribution in [0.25, 0.3) is 0 Å². The number of aryl methyl sites for hydroxylation is 1. The summed E-state index contributed by atoms with van der Waals surface area (Å²) in [5.74, 6) is 0.105. The number of carbonyl (C=O) groups is 1. The molecule has 1 rings (SSSR count). The number of nitrogens with zero attached hydrogens (tertiary/aromatic N) is 2. The molecular formula is C11H17N3O2S. The summed E-state index contributed by atoms with van der Waals surface area (Å²) in [5, 5.41) is 0. The molecule has 0 aliphatic heterocycles. The molecule has 1 heterocycles. The minimum Gasteiger partial charge on any atom is -0.438 e. The maximum Gasteiger partial charge on any atom is 0.291 e. The summed E-state index contributed by atoms with van der Waals surface area (Å²) in [5.41, 5.74) is 6.04. The molecule has 94 valence electrons. The molecule has 0 unspecified atom stereocenters. The normalized spacial score (nSPS) is 10.6. The Morgan fingerprint density at radius 2 is 2.29 bits per heavy atom. The van der Waals surface area contributed by atoms with Gasteiger partial charge in [0.25, 0.3) is 5.91 Å². The Balaban J connectivity index is 2.81. The quantitative estimate of drug-likeness (QED) is 0.807. The smallest absolute Gasteiger partial charge is 0.291 e. The van der Waals surface area contributed by atoms with E-state index in [0.29, 0.717) is 23.6 Å². The van der Waals surface area contributed by atoms with Crippen molar-refractivity contribution in [3.05, 3.63) is 17.8 Å². The van der Waals surface area contributed by atoms with Gasteiger partial charge in [-0.05, 0) is 20.8 Å². The zero-order valence-electron chi connectivity index (χ0n) is 10.3. The van der Waals surface area contributed by atoms with Crippen LogP contribution in [-0.4, -0.2) is 33.4 Å². The first kappa shape index (κ1) is 13.6. The van der Waals surface area contributed by atoms with Crippen LogP contribution >= 0.6 is 12.2 Å². The summed E-state index contributed by atoms with van der Waals surface area (Å²) in [7, 11) is 0. The van der Waals surface area contributed by atoms with Gasteiger partial charge in [0.15, 0.2) is 6.39 Å². The Bertz CT molecular complexity index is 415. The highest BCUT2D eigenvalue weighted by Crippen LogP contribution is 2.12. The molecule has 0 aliphatic carbocycles. The van der Waals surface area contributed by atoms with Gasteiger partial charge >= 0.3 is 0 Å². The van der Waals surface area contributed by atoms with Crippen molar-refractivity contribution in [1.82, 2.24) is 9.88 Å². The van der Waals surface area contributed by atoms with E-state index in [-0.39, 0.29) is 17.7 Å². The van der Waals surface area contributed by atoms with Crippen LogP contribution in [0.15, 0.2) is 10.8 Å². The van der Waals surface area contributed by atoms with Gasteiger partial charge in [0.1, 0.15) is 0 Å². The van der Waals surface area contributed by atoms with Crippen molar-refractivity contribution in [2.45, 2.75) is 33.2 Å². The monoisotopic (exact) mass is 255 g/mol. The van der Waals surface area contributed by atoms with Gasteiger partial charge in [-0.3, -0.25) is 4.79 Å². The molecule has 0 fully saturated rings. The van der Waals surface area contributed by atoms with Gasteiger partial charge in [-0.25, -0.2) is 4.98 Å². The lowest BCUT2D eigenvalue weighted by Gasteiger charge is -2.25. The topological polar surface area (TPSA) is 72.4 Å². The standard InChI is InChI=1S/C11H17N3O2S/c1-7(2)14(5-4-9(12)17)11(15)10-8(3)13-6-16-10/h6-7H,4-5H2,1-3H3,(H2,12,17). The predicted octanol–water partition coefficient (Wildman–Crippen LogP) is 1.51. The first-order valence-electron chi connectivity index (χ1n) is 5.42. The van der Waals surface area contributed by atoms with E-state index in [9.17, 15) is 4.79 Å². The second-order valence-corrected chi connectivity index (χ2v) is 4.60. The van der Waals surface area contributed by atoms with Gasteiger partial charge in [-0.15, -0.1) is 0 Å². The molecule has 0 spiro atoms. The first-order valence-corrected chi connectivity index (χ1v) is 5.83. The molecular weight excluding hydrogens is 238 g/mol. The molecule has 1 amide bonds. The lowest BCUT2D eigenvalue weighted by atomic mass is 10.2. The third kappa shape index (κ3) is 3.52. The van der Waals surface area contributed by atoms with Gasteiger partial charge in [-0.1, -0.05) is 12.2 Å². The molecule has 0 saturated carbocycles. The van der Waals surface area contributed by atoms with E-state index in [4.69, 9.17) is 22.4 Å². The number of carbonyl (C=O) groups excluding carboxylic acids is 1. The van der Waals surface area contributed by atoms with Crippen LogP contribution in [0.2, 0.25) is 0 Å². The highest BCUT2D eigenvalue weighted by Gasteiger charge is 2.23. The molecule has 0 atom stereocenters. The van der Waals surface area contributed by atoms with Gasteiger partial charge in [0, 0.05) is 19.0 Å². The molecule has 0 aromatic carbocycles. The Morgan fingerprint density at radius 3 is 2.71 bits per heavy atom. The minimum atomic E-state index is -0.175. The van der Waals surface area contributed by atoms with Crippen molar-refractivity contribution >= 4 is 23.1 Å². The van der Waals surface area contributed by atoms with Crippen molar-refractivity contribution in [3.8, 4) is 0 Å². The van der Waals surface area contributed by atoms with Crippen LogP contribution in [-0.2, 0) is 0 Å². The summed E-state index contributed by atoms with van der Waals surface area (Å²) in [6.45, 7) is 6.10. The lowest BCUT2D eigenvalue weighted by Crippen LogP contribution is -2.39. The van der Waals surface area contributed by atoms with E-state index in [2.05, 4.69) is 4.98 Å². The van der Waals surface area contributed by atoms with Gasteiger partial charge in [0.05, 0.1) is 10.7 Å². The molecule has 0 radical (unpaired) electrons. The molecule has 1 aromatic heterocycles. The van der Waals surface area contributed by atoms with Crippen molar-refractivity contribution in [2.24, 2.45) is 5.73 Å². The van der Waals surface area contributed by atoms with Crippen LogP contribution in [0.4, 0.5) is 0 Å². The second-order valence-electron chi connectivity index (χ2n) is 4.08. The number of nitrogens with two attached hydrogens (primary N) is 1. The fourth-order valence-corrected chi connectivity index (χ4v) is 1.55. The van der Waals surface area contributed by atoms with Crippen molar-refractivity contribution in [3.63, 3.8) is 0 Å². The molecule has 5 nitrogen and oxygen atoms in total. The number of aromatic nitrogens is 1. The average molecular weight is 255 g/mol. The third-order valence-corrected chi connectivity index (χ3v) is 2.63. The zero-order valence-corrected chi connectivity index (χ0v) is 11.1. The molecule has 0 saturated heterocycles. The van der Waals surface area contributed by atoms with E-state index in [1.54, 1.807) is 11.8 Å². The fourth-order valence-electron chi connectivity index (χ4n) is 1.46. The molecule has 17 heavy (non-hydrogen) atoms. The number of thiocarbonyl (C=S) groups is 1. The molecule has 2 N–H and O–H groups in total. The first-order chi connectivity index (χ1) is 7.93. The summed E-state index contributed by atoms with van der Waals surface area (Å²) >= 11 is 4.82. The van der Waals surface area contributed by atoms with Crippen LogP contribution in [0.5, 0.6) is 0 Å². The van der Waals surface area contributed by atoms with Crippen LogP contribution < -0.4 is 5.73 Å². The minimum absolute atomic E-state index is 0.0568. The maximum absolute atomic E-state index is 12.2. The number of rotatable bonds is 5. The van der Waals surface area contributed by atoms with Crippen molar-refractivity contribution in [2.75, 3.05) is 6.54 Å². The van der Waals surface area contributed by atoms with Crippen LogP contribution in [0.1, 0.15) is 36.5 Å². The summed E-state index contributed by atoms with van der Waals surface area (Å²) < 4.78 is 5.10. The molecule has 0 aliphatic rings. The third-order valence-electron chi connectivity index (χ3n) is 2.42. The van der Waals surface area contributed by atoms with Gasteiger partial charge in [-0.2, -0.15) is 0 Å². The van der Waals surface area contributed by atoms with Crippen LogP contribution in [0.3, 0.4) is 0 Å². The zero-order chi connectivity index (χ0) is 13.0. The molecule has 6 heteroatoms. The summed E-state index contributed by atoms with van der Waals surface area (Å²) in [6, 6.07) is 0.0568. The lowest BCUT2D eigenvalue weighted by molar-refractivity contribution is 0.0678. The van der Waals surface area contributed by atoms with E-state index in [1.165, 1.54) is 6.39 Å². The highest BCUT2D eigenvalue weighted by molar-refractivity contribution is 7.80. The van der Waals surface area contributed by atoms with E-state index < -0.39 is 0 Å². The summed E-state index contributed by atoms with van der Waals surface area (Å²) in [4.78, 5) is 18.2. The highest BCUT2D eigenvalue weighted by atomic mass is 32.1. The molecule has 1 aromatic rings. The van der Waals surface area contributed by atoms with Crippen molar-refractivity contribution in [1.29, 1.82) is 0 Å². The second kappa shape index (κ2) is 5.77. The Morgan fingerprint density at radius 1 is 1.65 bits per heavy atom. The average Bonchev–Trinajstić information content (AvgIpc) is 2.63.